The van der Waals surface area contributed by atoms with E-state index in [2.05, 4.69) is 0 Å². The van der Waals surface area contributed by atoms with Gasteiger partial charge in [0.2, 0.25) is 0 Å². The minimum atomic E-state index is -0.381. The third-order valence-electron chi connectivity index (χ3n) is 2.69. The van der Waals surface area contributed by atoms with Crippen LogP contribution in [0.2, 0.25) is 0 Å². The van der Waals surface area contributed by atoms with Crippen molar-refractivity contribution < 1.29 is 4.79 Å². The highest BCUT2D eigenvalue weighted by atomic mass is 32.1. The Morgan fingerprint density at radius 1 is 1.64 bits per heavy atom. The van der Waals surface area contributed by atoms with Crippen molar-refractivity contribution in [2.24, 2.45) is 11.7 Å². The molecule has 0 saturated heterocycles. The molecule has 2 nitrogen and oxygen atoms in total. The average Bonchev–Trinajstić information content (AvgIpc) is 2.86. The fourth-order valence-electron chi connectivity index (χ4n) is 1.54. The SMILES string of the molecule is NC(C(=O)CCC1CC1)c1cccs1. The highest BCUT2D eigenvalue weighted by Crippen LogP contribution is 2.34. The molecule has 2 N–H and O–H groups in total. The minimum Gasteiger partial charge on any atom is -0.317 e. The minimum absolute atomic E-state index is 0.194. The van der Waals surface area contributed by atoms with Gasteiger partial charge in [0, 0.05) is 11.3 Å². The maximum absolute atomic E-state index is 11.7. The lowest BCUT2D eigenvalue weighted by Crippen LogP contribution is -2.20. The summed E-state index contributed by atoms with van der Waals surface area (Å²) in [6.07, 6.45) is 4.31. The molecule has 1 aliphatic carbocycles. The molecule has 2 rings (SSSR count). The fraction of sp³-hybridized carbons (Fsp3) is 0.545. The zero-order valence-corrected chi connectivity index (χ0v) is 8.93. The molecule has 0 spiro atoms. The summed E-state index contributed by atoms with van der Waals surface area (Å²) in [6, 6.07) is 3.49. The van der Waals surface area contributed by atoms with E-state index in [1.54, 1.807) is 11.3 Å². The van der Waals surface area contributed by atoms with Gasteiger partial charge in [-0.25, -0.2) is 0 Å². The molecule has 1 unspecified atom stereocenters. The van der Waals surface area contributed by atoms with Crippen LogP contribution >= 0.6 is 11.3 Å². The Bertz CT molecular complexity index is 303. The maximum Gasteiger partial charge on any atom is 0.154 e. The first-order valence-electron chi connectivity index (χ1n) is 5.09. The summed E-state index contributed by atoms with van der Waals surface area (Å²) < 4.78 is 0. The number of nitrogens with two attached hydrogens (primary N) is 1. The molecule has 1 heterocycles. The number of carbonyl (C=O) groups excluding carboxylic acids is 1. The van der Waals surface area contributed by atoms with E-state index in [-0.39, 0.29) is 11.8 Å². The molecule has 1 aromatic rings. The van der Waals surface area contributed by atoms with E-state index in [4.69, 9.17) is 5.73 Å². The maximum atomic E-state index is 11.7. The normalized spacial score (nSPS) is 18.1. The molecule has 1 atom stereocenters. The van der Waals surface area contributed by atoms with Gasteiger partial charge in [-0.2, -0.15) is 0 Å². The van der Waals surface area contributed by atoms with Gasteiger partial charge in [0.1, 0.15) is 0 Å². The monoisotopic (exact) mass is 209 g/mol. The van der Waals surface area contributed by atoms with Gasteiger partial charge in [-0.3, -0.25) is 4.79 Å². The van der Waals surface area contributed by atoms with Crippen molar-refractivity contribution in [1.82, 2.24) is 0 Å². The number of carbonyl (C=O) groups is 1. The van der Waals surface area contributed by atoms with E-state index >= 15 is 0 Å². The van der Waals surface area contributed by atoms with Crippen LogP contribution in [0.15, 0.2) is 17.5 Å². The van der Waals surface area contributed by atoms with E-state index in [1.165, 1.54) is 12.8 Å². The quantitative estimate of drug-likeness (QED) is 0.809. The molecule has 0 amide bonds. The van der Waals surface area contributed by atoms with Gasteiger partial charge in [0.15, 0.2) is 5.78 Å². The van der Waals surface area contributed by atoms with Gasteiger partial charge in [-0.15, -0.1) is 11.3 Å². The summed E-state index contributed by atoms with van der Waals surface area (Å²) in [7, 11) is 0. The van der Waals surface area contributed by atoms with Gasteiger partial charge in [0.05, 0.1) is 6.04 Å². The van der Waals surface area contributed by atoms with E-state index < -0.39 is 0 Å². The number of ketones is 1. The Hall–Kier alpha value is -0.670. The Kier molecular flexibility index (Phi) is 2.99. The molecule has 1 aliphatic rings. The Morgan fingerprint density at radius 3 is 3.00 bits per heavy atom. The number of hydrogen-bond donors (Lipinski definition) is 1. The zero-order chi connectivity index (χ0) is 9.97. The molecule has 1 aromatic heterocycles. The number of Topliss-reactive ketones (excluding diaryl/α,β-unsaturated/α-hetero) is 1. The van der Waals surface area contributed by atoms with E-state index in [9.17, 15) is 4.79 Å². The second-order valence-electron chi connectivity index (χ2n) is 3.94. The Morgan fingerprint density at radius 2 is 2.43 bits per heavy atom. The third kappa shape index (κ3) is 2.42. The van der Waals surface area contributed by atoms with Crippen molar-refractivity contribution in [2.75, 3.05) is 0 Å². The fourth-order valence-corrected chi connectivity index (χ4v) is 2.28. The van der Waals surface area contributed by atoms with Crippen molar-refractivity contribution in [3.8, 4) is 0 Å². The van der Waals surface area contributed by atoms with Gasteiger partial charge >= 0.3 is 0 Å². The smallest absolute Gasteiger partial charge is 0.154 e. The molecule has 0 aliphatic heterocycles. The van der Waals surface area contributed by atoms with Crippen LogP contribution in [0.4, 0.5) is 0 Å². The first kappa shape index (κ1) is 9.87. The first-order chi connectivity index (χ1) is 6.77. The highest BCUT2D eigenvalue weighted by Gasteiger charge is 2.24. The van der Waals surface area contributed by atoms with Crippen molar-refractivity contribution in [3.05, 3.63) is 22.4 Å². The van der Waals surface area contributed by atoms with Crippen molar-refractivity contribution in [1.29, 1.82) is 0 Å². The van der Waals surface area contributed by atoms with Crippen molar-refractivity contribution in [2.45, 2.75) is 31.7 Å². The van der Waals surface area contributed by atoms with Gasteiger partial charge in [-0.05, 0) is 23.8 Å². The number of rotatable bonds is 5. The summed E-state index contributed by atoms with van der Waals surface area (Å²) >= 11 is 1.56. The highest BCUT2D eigenvalue weighted by molar-refractivity contribution is 7.10. The summed E-state index contributed by atoms with van der Waals surface area (Å²) in [5.74, 6) is 1.01. The van der Waals surface area contributed by atoms with E-state index in [0.29, 0.717) is 6.42 Å². The predicted octanol–water partition coefficient (Wildman–Crippen LogP) is 2.51. The number of hydrogen-bond acceptors (Lipinski definition) is 3. The first-order valence-corrected chi connectivity index (χ1v) is 5.97. The molecule has 0 aromatic carbocycles. The predicted molar refractivity (Wildman–Crippen MR) is 58.2 cm³/mol. The lowest BCUT2D eigenvalue weighted by Gasteiger charge is -2.07. The standard InChI is InChI=1S/C11H15NOS/c12-11(10-2-1-7-14-10)9(13)6-5-8-3-4-8/h1-2,7-8,11H,3-6,12H2. The zero-order valence-electron chi connectivity index (χ0n) is 8.11. The van der Waals surface area contributed by atoms with Crippen molar-refractivity contribution >= 4 is 17.1 Å². The molecule has 0 radical (unpaired) electrons. The molecule has 3 heteroatoms. The average molecular weight is 209 g/mol. The third-order valence-corrected chi connectivity index (χ3v) is 3.65. The molecule has 14 heavy (non-hydrogen) atoms. The van der Waals surface area contributed by atoms with Crippen LogP contribution in [-0.4, -0.2) is 5.78 Å². The second kappa shape index (κ2) is 4.24. The summed E-state index contributed by atoms with van der Waals surface area (Å²) in [6.45, 7) is 0. The van der Waals surface area contributed by atoms with Crippen LogP contribution < -0.4 is 5.73 Å². The van der Waals surface area contributed by atoms with Crippen LogP contribution in [0.25, 0.3) is 0 Å². The molecule has 1 saturated carbocycles. The largest absolute Gasteiger partial charge is 0.317 e. The summed E-state index contributed by atoms with van der Waals surface area (Å²) in [4.78, 5) is 12.6. The topological polar surface area (TPSA) is 43.1 Å². The van der Waals surface area contributed by atoms with Crippen LogP contribution in [0.3, 0.4) is 0 Å². The Balaban J connectivity index is 1.84. The molecule has 1 fully saturated rings. The second-order valence-corrected chi connectivity index (χ2v) is 4.92. The van der Waals surface area contributed by atoms with Crippen molar-refractivity contribution in [3.63, 3.8) is 0 Å². The molecule has 0 bridgehead atoms. The van der Waals surface area contributed by atoms with Gasteiger partial charge < -0.3 is 5.73 Å². The lowest BCUT2D eigenvalue weighted by molar-refractivity contribution is -0.120. The summed E-state index contributed by atoms with van der Waals surface area (Å²) in [5.41, 5.74) is 5.85. The number of thiophene rings is 1. The van der Waals surface area contributed by atoms with Crippen LogP contribution in [-0.2, 0) is 4.79 Å². The van der Waals surface area contributed by atoms with Crippen LogP contribution in [0.5, 0.6) is 0 Å². The van der Waals surface area contributed by atoms with Gasteiger partial charge in [0.25, 0.3) is 0 Å². The molecular formula is C11H15NOS. The summed E-state index contributed by atoms with van der Waals surface area (Å²) in [5, 5.41) is 1.96. The van der Waals surface area contributed by atoms with Crippen LogP contribution in [0, 0.1) is 5.92 Å². The van der Waals surface area contributed by atoms with E-state index in [1.807, 2.05) is 17.5 Å². The Labute approximate surface area is 88.1 Å². The van der Waals surface area contributed by atoms with Crippen LogP contribution in [0.1, 0.15) is 36.6 Å². The molecule has 76 valence electrons. The van der Waals surface area contributed by atoms with E-state index in [0.717, 1.165) is 17.2 Å². The van der Waals surface area contributed by atoms with Gasteiger partial charge in [-0.1, -0.05) is 18.9 Å². The molecular weight excluding hydrogens is 194 g/mol. The lowest BCUT2D eigenvalue weighted by atomic mass is 10.1.